The second-order valence-corrected chi connectivity index (χ2v) is 4.59. The molecule has 0 saturated carbocycles. The zero-order chi connectivity index (χ0) is 13.6. The summed E-state index contributed by atoms with van der Waals surface area (Å²) in [7, 11) is 0. The van der Waals surface area contributed by atoms with Crippen molar-refractivity contribution < 1.29 is 9.47 Å². The first kappa shape index (κ1) is 12.8. The number of fused-ring (bicyclic) bond motifs is 1. The highest BCUT2D eigenvalue weighted by Crippen LogP contribution is 2.35. The van der Waals surface area contributed by atoms with Gasteiger partial charge in [-0.05, 0) is 11.6 Å². The molecule has 3 rings (SSSR count). The second-order valence-electron chi connectivity index (χ2n) is 4.59. The Morgan fingerprint density at radius 1 is 1.00 bits per heavy atom. The molecule has 0 aromatic heterocycles. The minimum Gasteiger partial charge on any atom is -0.454 e. The third kappa shape index (κ3) is 3.00. The summed E-state index contributed by atoms with van der Waals surface area (Å²) in [5, 5.41) is 3.38. The molecule has 3 nitrogen and oxygen atoms in total. The Hall–Kier alpha value is -2.26. The van der Waals surface area contributed by atoms with Gasteiger partial charge in [0, 0.05) is 18.7 Å². The molecule has 0 saturated heterocycles. The molecule has 1 N–H and O–H groups in total. The Balaban J connectivity index is 1.51. The van der Waals surface area contributed by atoms with Crippen molar-refractivity contribution in [2.24, 2.45) is 0 Å². The van der Waals surface area contributed by atoms with Gasteiger partial charge in [-0.3, -0.25) is 0 Å². The molecule has 1 heterocycles. The summed E-state index contributed by atoms with van der Waals surface area (Å²) in [5.74, 6) is 1.70. The zero-order valence-corrected chi connectivity index (χ0v) is 11.2. The Bertz CT molecular complexity index is 593. The number of benzene rings is 2. The summed E-state index contributed by atoms with van der Waals surface area (Å²) in [6.07, 6.45) is 4.23. The minimum absolute atomic E-state index is 0.320. The Morgan fingerprint density at radius 2 is 1.90 bits per heavy atom. The van der Waals surface area contributed by atoms with Gasteiger partial charge in [-0.25, -0.2) is 0 Å². The molecule has 2 aromatic rings. The van der Waals surface area contributed by atoms with E-state index in [1.54, 1.807) is 0 Å². The van der Waals surface area contributed by atoms with E-state index in [-0.39, 0.29) is 0 Å². The molecule has 1 aliphatic rings. The molecule has 0 amide bonds. The van der Waals surface area contributed by atoms with E-state index in [0.29, 0.717) is 6.79 Å². The second kappa shape index (κ2) is 6.26. The Kier molecular flexibility index (Phi) is 3.99. The molecule has 3 heteroatoms. The lowest BCUT2D eigenvalue weighted by atomic mass is 10.2. The molecule has 0 spiro atoms. The average molecular weight is 267 g/mol. The van der Waals surface area contributed by atoms with Gasteiger partial charge < -0.3 is 14.8 Å². The van der Waals surface area contributed by atoms with E-state index in [1.807, 2.05) is 30.3 Å². The molecule has 0 unspecified atom stereocenters. The van der Waals surface area contributed by atoms with Crippen LogP contribution in [0, 0.1) is 0 Å². The summed E-state index contributed by atoms with van der Waals surface area (Å²) in [5.41, 5.74) is 2.35. The van der Waals surface area contributed by atoms with Crippen LogP contribution in [-0.2, 0) is 6.54 Å². The van der Waals surface area contributed by atoms with Gasteiger partial charge in [0.1, 0.15) is 0 Å². The number of para-hydroxylation sites is 1. The maximum absolute atomic E-state index is 5.48. The molecule has 0 aliphatic carbocycles. The number of nitrogens with one attached hydrogen (secondary N) is 1. The smallest absolute Gasteiger partial charge is 0.231 e. The minimum atomic E-state index is 0.320. The summed E-state index contributed by atoms with van der Waals surface area (Å²) >= 11 is 0. The van der Waals surface area contributed by atoms with Gasteiger partial charge in [-0.2, -0.15) is 0 Å². The number of hydrogen-bond donors (Lipinski definition) is 1. The van der Waals surface area contributed by atoms with Crippen LogP contribution in [0.5, 0.6) is 11.5 Å². The summed E-state index contributed by atoms with van der Waals surface area (Å²) in [4.78, 5) is 0. The third-order valence-electron chi connectivity index (χ3n) is 3.17. The van der Waals surface area contributed by atoms with E-state index in [4.69, 9.17) is 9.47 Å². The highest BCUT2D eigenvalue weighted by molar-refractivity contribution is 5.49. The first-order valence-corrected chi connectivity index (χ1v) is 6.73. The van der Waals surface area contributed by atoms with Crippen molar-refractivity contribution in [3.8, 4) is 11.5 Å². The molecule has 0 radical (unpaired) electrons. The van der Waals surface area contributed by atoms with Crippen LogP contribution in [0.2, 0.25) is 0 Å². The van der Waals surface area contributed by atoms with Crippen LogP contribution in [0.25, 0.3) is 6.08 Å². The van der Waals surface area contributed by atoms with Crippen molar-refractivity contribution in [3.63, 3.8) is 0 Å². The van der Waals surface area contributed by atoms with Crippen molar-refractivity contribution in [3.05, 3.63) is 65.7 Å². The van der Waals surface area contributed by atoms with Crippen LogP contribution in [0.3, 0.4) is 0 Å². The van der Waals surface area contributed by atoms with Gasteiger partial charge in [-0.1, -0.05) is 54.6 Å². The van der Waals surface area contributed by atoms with Crippen LogP contribution in [-0.4, -0.2) is 13.3 Å². The van der Waals surface area contributed by atoms with Gasteiger partial charge in [0.25, 0.3) is 0 Å². The van der Waals surface area contributed by atoms with Gasteiger partial charge in [-0.15, -0.1) is 0 Å². The normalized spacial score (nSPS) is 13.0. The van der Waals surface area contributed by atoms with Gasteiger partial charge in [0.2, 0.25) is 6.79 Å². The lowest BCUT2D eigenvalue weighted by Crippen LogP contribution is -2.13. The fraction of sp³-hybridized carbons (Fsp3) is 0.176. The van der Waals surface area contributed by atoms with Crippen LogP contribution in [0.1, 0.15) is 11.1 Å². The highest BCUT2D eigenvalue weighted by atomic mass is 16.7. The van der Waals surface area contributed by atoms with Crippen LogP contribution in [0.4, 0.5) is 0 Å². The van der Waals surface area contributed by atoms with E-state index in [2.05, 4.69) is 35.7 Å². The first-order chi connectivity index (χ1) is 9.93. The fourth-order valence-electron chi connectivity index (χ4n) is 2.18. The monoisotopic (exact) mass is 267 g/mol. The molecule has 0 bridgehead atoms. The average Bonchev–Trinajstić information content (AvgIpc) is 2.97. The molecule has 1 aliphatic heterocycles. The lowest BCUT2D eigenvalue weighted by Gasteiger charge is -2.05. The topological polar surface area (TPSA) is 30.5 Å². The third-order valence-corrected chi connectivity index (χ3v) is 3.17. The summed E-state index contributed by atoms with van der Waals surface area (Å²) in [6.45, 7) is 1.91. The molecular formula is C17H17NO2. The maximum Gasteiger partial charge on any atom is 0.231 e. The van der Waals surface area contributed by atoms with Crippen molar-refractivity contribution in [2.45, 2.75) is 6.54 Å². The van der Waals surface area contributed by atoms with Crippen LogP contribution >= 0.6 is 0 Å². The lowest BCUT2D eigenvalue weighted by molar-refractivity contribution is 0.173. The highest BCUT2D eigenvalue weighted by Gasteiger charge is 2.16. The molecule has 102 valence electrons. The predicted octanol–water partition coefficient (Wildman–Crippen LogP) is 3.22. The summed E-state index contributed by atoms with van der Waals surface area (Å²) in [6, 6.07) is 16.3. The molecular weight excluding hydrogens is 250 g/mol. The largest absolute Gasteiger partial charge is 0.454 e. The Labute approximate surface area is 118 Å². The van der Waals surface area contributed by atoms with Gasteiger partial charge in [0.05, 0.1) is 0 Å². The first-order valence-electron chi connectivity index (χ1n) is 6.73. The Morgan fingerprint density at radius 3 is 2.80 bits per heavy atom. The van der Waals surface area contributed by atoms with Gasteiger partial charge >= 0.3 is 0 Å². The molecule has 0 atom stereocenters. The van der Waals surface area contributed by atoms with Gasteiger partial charge in [0.15, 0.2) is 11.5 Å². The fourth-order valence-corrected chi connectivity index (χ4v) is 2.18. The number of ether oxygens (including phenoxy) is 2. The maximum atomic E-state index is 5.48. The standard InChI is InChI=1S/C17H17NO2/c1-2-6-14(7-3-1)8-5-11-18-12-15-9-4-10-16-17(15)20-13-19-16/h1-10,18H,11-13H2. The van der Waals surface area contributed by atoms with E-state index in [0.717, 1.165) is 30.2 Å². The molecule has 20 heavy (non-hydrogen) atoms. The predicted molar refractivity (Wildman–Crippen MR) is 79.7 cm³/mol. The van der Waals surface area contributed by atoms with Crippen molar-refractivity contribution in [2.75, 3.05) is 13.3 Å². The van der Waals surface area contributed by atoms with Crippen LogP contribution < -0.4 is 14.8 Å². The van der Waals surface area contributed by atoms with Crippen molar-refractivity contribution in [1.29, 1.82) is 0 Å². The van der Waals surface area contributed by atoms with E-state index < -0.39 is 0 Å². The number of rotatable bonds is 5. The van der Waals surface area contributed by atoms with Crippen molar-refractivity contribution in [1.82, 2.24) is 5.32 Å². The SMILES string of the molecule is C(=Cc1ccccc1)CNCc1cccc2c1OCO2. The van der Waals surface area contributed by atoms with E-state index in [1.165, 1.54) is 5.56 Å². The van der Waals surface area contributed by atoms with E-state index >= 15 is 0 Å². The zero-order valence-electron chi connectivity index (χ0n) is 11.2. The molecule has 0 fully saturated rings. The van der Waals surface area contributed by atoms with Crippen molar-refractivity contribution >= 4 is 6.08 Å². The quantitative estimate of drug-likeness (QED) is 0.844. The summed E-state index contributed by atoms with van der Waals surface area (Å²) < 4.78 is 10.8. The van der Waals surface area contributed by atoms with Crippen LogP contribution in [0.15, 0.2) is 54.6 Å². The number of hydrogen-bond acceptors (Lipinski definition) is 3. The molecule has 2 aromatic carbocycles. The van der Waals surface area contributed by atoms with E-state index in [9.17, 15) is 0 Å².